The van der Waals surface area contributed by atoms with Gasteiger partial charge in [0.15, 0.2) is 39.7 Å². The smallest absolute Gasteiger partial charge is 0.230 e. The number of carbonyl (C=O) groups is 4. The second-order valence-corrected chi connectivity index (χ2v) is 14.1. The number of rotatable bonds is 19. The maximum Gasteiger partial charge on any atom is 0.230 e. The van der Waals surface area contributed by atoms with E-state index < -0.39 is 17.0 Å². The molecular formula is C40H42F2N2O7S. The highest BCUT2D eigenvalue weighted by molar-refractivity contribution is 8.14. The van der Waals surface area contributed by atoms with E-state index in [1.54, 1.807) is 44.3 Å². The van der Waals surface area contributed by atoms with Crippen molar-refractivity contribution >= 4 is 45.3 Å². The molecule has 274 valence electrons. The van der Waals surface area contributed by atoms with E-state index in [0.717, 1.165) is 31.0 Å². The van der Waals surface area contributed by atoms with Crippen LogP contribution in [0.1, 0.15) is 57.1 Å². The molecule has 0 aliphatic heterocycles. The van der Waals surface area contributed by atoms with E-state index >= 15 is 4.39 Å². The van der Waals surface area contributed by atoms with Gasteiger partial charge in [-0.25, -0.2) is 8.78 Å². The number of nitrogens with one attached hydrogen (secondary N) is 1. The minimum absolute atomic E-state index is 0.000794. The van der Waals surface area contributed by atoms with Crippen LogP contribution in [0, 0.1) is 23.0 Å². The monoisotopic (exact) mass is 732 g/mol. The molecule has 1 fully saturated rings. The van der Waals surface area contributed by atoms with Crippen LogP contribution in [0.2, 0.25) is 0 Å². The van der Waals surface area contributed by atoms with Gasteiger partial charge >= 0.3 is 0 Å². The van der Waals surface area contributed by atoms with Gasteiger partial charge in [-0.05, 0) is 79.6 Å². The fourth-order valence-corrected chi connectivity index (χ4v) is 6.37. The number of unbranched alkanes of at least 4 members (excludes halogenated alkanes) is 2. The van der Waals surface area contributed by atoms with Crippen LogP contribution in [0.4, 0.5) is 8.78 Å². The third-order valence-electron chi connectivity index (χ3n) is 8.88. The Morgan fingerprint density at radius 3 is 2.23 bits per heavy atom. The van der Waals surface area contributed by atoms with Gasteiger partial charge in [-0.15, -0.1) is 0 Å². The van der Waals surface area contributed by atoms with E-state index in [4.69, 9.17) is 14.2 Å². The number of nitrogens with zero attached hydrogens (tertiary/aromatic N) is 1. The summed E-state index contributed by atoms with van der Waals surface area (Å²) in [6.07, 6.45) is 4.71. The largest absolute Gasteiger partial charge is 0.493 e. The van der Waals surface area contributed by atoms with Gasteiger partial charge in [0.05, 0.1) is 30.4 Å². The molecule has 0 radical (unpaired) electrons. The summed E-state index contributed by atoms with van der Waals surface area (Å²) in [6.45, 7) is 4.54. The van der Waals surface area contributed by atoms with Gasteiger partial charge in [0, 0.05) is 43.0 Å². The molecule has 52 heavy (non-hydrogen) atoms. The zero-order valence-corrected chi connectivity index (χ0v) is 30.3. The first-order chi connectivity index (χ1) is 25.0. The number of pyridine rings is 1. The fourth-order valence-electron chi connectivity index (χ4n) is 5.66. The Kier molecular flexibility index (Phi) is 13.0. The SMILES string of the molecule is COc1cc2c(Oc3ccc(CC(=O)C4(C(=O)Cc5ccc(F)cc5)CC4)cc3F)ccnc2cc1OCCCCCNC(=O)CSC(=O)C(C)C. The molecule has 0 unspecified atom stereocenters. The lowest BCUT2D eigenvalue weighted by atomic mass is 9.88. The molecule has 4 aromatic rings. The average Bonchev–Trinajstić information content (AvgIpc) is 3.94. The summed E-state index contributed by atoms with van der Waals surface area (Å²) < 4.78 is 46.1. The number of aromatic nitrogens is 1. The lowest BCUT2D eigenvalue weighted by Crippen LogP contribution is -2.28. The molecule has 1 heterocycles. The van der Waals surface area contributed by atoms with Gasteiger partial charge in [0.2, 0.25) is 5.91 Å². The molecule has 0 atom stereocenters. The number of ether oxygens (including phenoxy) is 3. The summed E-state index contributed by atoms with van der Waals surface area (Å²) in [7, 11) is 1.52. The second-order valence-electron chi connectivity index (χ2n) is 13.1. The lowest BCUT2D eigenvalue weighted by Gasteiger charge is -2.15. The quantitative estimate of drug-likeness (QED) is 0.0768. The van der Waals surface area contributed by atoms with Crippen molar-refractivity contribution in [1.29, 1.82) is 0 Å². The van der Waals surface area contributed by atoms with Gasteiger partial charge < -0.3 is 19.5 Å². The summed E-state index contributed by atoms with van der Waals surface area (Å²) in [6, 6.07) is 15.0. The molecule has 3 aromatic carbocycles. The summed E-state index contributed by atoms with van der Waals surface area (Å²) in [4.78, 5) is 54.3. The highest BCUT2D eigenvalue weighted by atomic mass is 32.2. The number of benzene rings is 3. The highest BCUT2D eigenvalue weighted by Gasteiger charge is 2.54. The summed E-state index contributed by atoms with van der Waals surface area (Å²) in [5, 5.41) is 3.40. The predicted molar refractivity (Wildman–Crippen MR) is 195 cm³/mol. The minimum Gasteiger partial charge on any atom is -0.493 e. The third kappa shape index (κ3) is 9.93. The van der Waals surface area contributed by atoms with Crippen LogP contribution in [0.3, 0.4) is 0 Å². The standard InChI is InChI=1S/C40H42F2N2O7S/c1-25(2)39(48)52-24-38(47)44-16-5-4-6-18-50-35-23-31-29(22-34(35)49-3)32(13-17-43-31)51-33-12-9-27(19-30(33)42)21-37(46)40(14-15-40)36(45)20-26-7-10-28(41)11-8-26/h7-13,17,19,22-23,25H,4-6,14-16,18,20-21,24H2,1-3H3,(H,44,47). The number of carbonyl (C=O) groups excluding carboxylic acids is 4. The van der Waals surface area contributed by atoms with Crippen LogP contribution in [-0.4, -0.2) is 53.6 Å². The van der Waals surface area contributed by atoms with Crippen molar-refractivity contribution in [2.75, 3.05) is 26.0 Å². The summed E-state index contributed by atoms with van der Waals surface area (Å²) in [5.74, 6) is -0.421. The van der Waals surface area contributed by atoms with Crippen LogP contribution in [0.5, 0.6) is 23.0 Å². The molecule has 1 aromatic heterocycles. The highest BCUT2D eigenvalue weighted by Crippen LogP contribution is 2.49. The van der Waals surface area contributed by atoms with E-state index in [-0.39, 0.29) is 52.9 Å². The maximum absolute atomic E-state index is 15.3. The molecule has 0 saturated heterocycles. The summed E-state index contributed by atoms with van der Waals surface area (Å²) >= 11 is 1.04. The molecule has 1 aliphatic rings. The number of fused-ring (bicyclic) bond motifs is 1. The first-order valence-electron chi connectivity index (χ1n) is 17.3. The third-order valence-corrected chi connectivity index (χ3v) is 10.0. The Hall–Kier alpha value is -4.84. The molecule has 0 bridgehead atoms. The number of methoxy groups -OCH3 is 1. The van der Waals surface area contributed by atoms with Crippen molar-refractivity contribution in [3.63, 3.8) is 0 Å². The van der Waals surface area contributed by atoms with Gasteiger partial charge in [-0.1, -0.05) is 43.8 Å². The Bertz CT molecular complexity index is 1930. The predicted octanol–water partition coefficient (Wildman–Crippen LogP) is 7.60. The average molecular weight is 733 g/mol. The van der Waals surface area contributed by atoms with Gasteiger partial charge in [0.25, 0.3) is 0 Å². The zero-order valence-electron chi connectivity index (χ0n) is 29.5. The van der Waals surface area contributed by atoms with Gasteiger partial charge in [0.1, 0.15) is 11.6 Å². The number of hydrogen-bond acceptors (Lipinski definition) is 9. The molecule has 1 aliphatic carbocycles. The number of hydrogen-bond donors (Lipinski definition) is 1. The van der Waals surface area contributed by atoms with Gasteiger partial charge in [-0.3, -0.25) is 24.2 Å². The maximum atomic E-state index is 15.3. The molecule has 1 N–H and O–H groups in total. The number of amides is 1. The van der Waals surface area contributed by atoms with Crippen LogP contribution in [-0.2, 0) is 32.0 Å². The number of halogens is 2. The van der Waals surface area contributed by atoms with Crippen molar-refractivity contribution in [3.05, 3.63) is 89.6 Å². The number of Topliss-reactive ketones (excluding diaryl/α,β-unsaturated/α-hetero) is 2. The van der Waals surface area contributed by atoms with Crippen LogP contribution < -0.4 is 19.5 Å². The second kappa shape index (κ2) is 17.6. The fraction of sp³-hybridized carbons (Fsp3) is 0.375. The Labute approximate surface area is 305 Å². The van der Waals surface area contributed by atoms with Crippen molar-refractivity contribution < 1.29 is 42.2 Å². The van der Waals surface area contributed by atoms with E-state index in [1.165, 1.54) is 43.5 Å². The minimum atomic E-state index is -1.08. The van der Waals surface area contributed by atoms with Crippen molar-refractivity contribution in [1.82, 2.24) is 10.3 Å². The molecule has 1 amide bonds. The van der Waals surface area contributed by atoms with Crippen molar-refractivity contribution in [2.24, 2.45) is 11.3 Å². The molecule has 9 nitrogen and oxygen atoms in total. The van der Waals surface area contributed by atoms with E-state index in [9.17, 15) is 23.6 Å². The van der Waals surface area contributed by atoms with Crippen LogP contribution in [0.15, 0.2) is 66.9 Å². The Balaban J connectivity index is 1.14. The van der Waals surface area contributed by atoms with E-state index in [1.807, 2.05) is 0 Å². The van der Waals surface area contributed by atoms with Crippen molar-refractivity contribution in [2.45, 2.75) is 58.8 Å². The molecule has 5 rings (SSSR count). The molecule has 1 saturated carbocycles. The molecular weight excluding hydrogens is 691 g/mol. The molecule has 12 heteroatoms. The van der Waals surface area contributed by atoms with E-state index in [2.05, 4.69) is 10.3 Å². The van der Waals surface area contributed by atoms with Gasteiger partial charge in [-0.2, -0.15) is 0 Å². The molecule has 0 spiro atoms. The van der Waals surface area contributed by atoms with E-state index in [0.29, 0.717) is 65.3 Å². The summed E-state index contributed by atoms with van der Waals surface area (Å²) in [5.41, 5.74) is 0.541. The van der Waals surface area contributed by atoms with Crippen molar-refractivity contribution in [3.8, 4) is 23.0 Å². The number of thioether (sulfide) groups is 1. The number of ketones is 2. The zero-order chi connectivity index (χ0) is 37.3. The van der Waals surface area contributed by atoms with Crippen LogP contribution in [0.25, 0.3) is 10.9 Å². The Morgan fingerprint density at radius 2 is 1.56 bits per heavy atom. The first kappa shape index (κ1) is 38.4. The normalized spacial score (nSPS) is 13.1. The topological polar surface area (TPSA) is 121 Å². The Morgan fingerprint density at radius 1 is 0.846 bits per heavy atom. The lowest BCUT2D eigenvalue weighted by molar-refractivity contribution is -0.134. The first-order valence-corrected chi connectivity index (χ1v) is 18.3. The van der Waals surface area contributed by atoms with Crippen LogP contribution >= 0.6 is 11.8 Å².